The highest BCUT2D eigenvalue weighted by Gasteiger charge is 2.33. The van der Waals surface area contributed by atoms with Crippen LogP contribution in [-0.2, 0) is 6.54 Å². The third kappa shape index (κ3) is 3.65. The summed E-state index contributed by atoms with van der Waals surface area (Å²) in [4.78, 5) is 0. The van der Waals surface area contributed by atoms with Gasteiger partial charge in [0, 0.05) is 13.1 Å². The van der Waals surface area contributed by atoms with Gasteiger partial charge in [-0.25, -0.2) is 0 Å². The summed E-state index contributed by atoms with van der Waals surface area (Å²) >= 11 is 3.50. The predicted octanol–water partition coefficient (Wildman–Crippen LogP) is 2.86. The first-order valence-electron chi connectivity index (χ1n) is 7.00. The Balaban J connectivity index is 2.00. The molecule has 2 rings (SSSR count). The number of nitrogens with one attached hydrogen (secondary N) is 1. The average molecular weight is 344 g/mol. The van der Waals surface area contributed by atoms with E-state index in [-0.39, 0.29) is 0 Å². The molecule has 0 radical (unpaired) electrons. The highest BCUT2D eigenvalue weighted by molar-refractivity contribution is 9.10. The maximum Gasteiger partial charge on any atom is 0.174 e. The van der Waals surface area contributed by atoms with Gasteiger partial charge in [0.15, 0.2) is 11.5 Å². The lowest BCUT2D eigenvalue weighted by Crippen LogP contribution is -2.45. The van der Waals surface area contributed by atoms with Gasteiger partial charge in [0.05, 0.1) is 23.8 Å². The topological polar surface area (TPSA) is 50.7 Å². The highest BCUT2D eigenvalue weighted by Crippen LogP contribution is 2.36. The van der Waals surface area contributed by atoms with Gasteiger partial charge in [-0.2, -0.15) is 0 Å². The minimum Gasteiger partial charge on any atom is -0.492 e. The monoisotopic (exact) mass is 343 g/mol. The molecule has 0 aliphatic heterocycles. The Bertz CT molecular complexity index is 461. The highest BCUT2D eigenvalue weighted by atomic mass is 79.9. The van der Waals surface area contributed by atoms with Gasteiger partial charge in [-0.3, -0.25) is 0 Å². The number of halogens is 1. The summed E-state index contributed by atoms with van der Waals surface area (Å²) in [5, 5.41) is 13.4. The lowest BCUT2D eigenvalue weighted by Gasteiger charge is -2.36. The average Bonchev–Trinajstić information content (AvgIpc) is 2.37. The van der Waals surface area contributed by atoms with E-state index in [0.29, 0.717) is 25.4 Å². The van der Waals surface area contributed by atoms with Crippen LogP contribution < -0.4 is 14.8 Å². The Morgan fingerprint density at radius 1 is 1.40 bits per heavy atom. The Morgan fingerprint density at radius 3 is 2.70 bits per heavy atom. The van der Waals surface area contributed by atoms with E-state index in [1.54, 1.807) is 7.11 Å². The molecule has 2 N–H and O–H groups in total. The van der Waals surface area contributed by atoms with Crippen LogP contribution in [0.15, 0.2) is 16.6 Å². The molecule has 0 aromatic heterocycles. The molecule has 0 unspecified atom stereocenters. The first-order chi connectivity index (χ1) is 9.58. The van der Waals surface area contributed by atoms with E-state index in [1.165, 1.54) is 0 Å². The van der Waals surface area contributed by atoms with E-state index in [0.717, 1.165) is 35.0 Å². The molecule has 1 aromatic carbocycles. The maximum absolute atomic E-state index is 10.0. The van der Waals surface area contributed by atoms with Crippen molar-refractivity contribution in [2.45, 2.75) is 38.3 Å². The third-order valence-corrected chi connectivity index (χ3v) is 4.23. The Morgan fingerprint density at radius 2 is 2.15 bits per heavy atom. The first-order valence-corrected chi connectivity index (χ1v) is 7.79. The zero-order chi connectivity index (χ0) is 14.6. The largest absolute Gasteiger partial charge is 0.492 e. The standard InChI is InChI=1S/C15H22BrNO3/c1-3-20-13-8-11(7-12(16)14(13)19-2)9-17-10-15(18)5-4-6-15/h7-8,17-18H,3-6,9-10H2,1-2H3. The number of hydrogen-bond acceptors (Lipinski definition) is 4. The van der Waals surface area contributed by atoms with Crippen molar-refractivity contribution in [1.82, 2.24) is 5.32 Å². The minimum absolute atomic E-state index is 0.494. The predicted molar refractivity (Wildman–Crippen MR) is 82.4 cm³/mol. The van der Waals surface area contributed by atoms with Gasteiger partial charge in [0.1, 0.15) is 0 Å². The summed E-state index contributed by atoms with van der Waals surface area (Å²) in [5.74, 6) is 1.46. The molecule has 1 aromatic rings. The fourth-order valence-electron chi connectivity index (χ4n) is 2.39. The first kappa shape index (κ1) is 15.6. The fourth-order valence-corrected chi connectivity index (χ4v) is 3.04. The van der Waals surface area contributed by atoms with Crippen LogP contribution >= 0.6 is 15.9 Å². The van der Waals surface area contributed by atoms with Crippen molar-refractivity contribution in [1.29, 1.82) is 0 Å². The Hall–Kier alpha value is -0.780. The van der Waals surface area contributed by atoms with Crippen LogP contribution in [0.3, 0.4) is 0 Å². The molecule has 4 nitrogen and oxygen atoms in total. The van der Waals surface area contributed by atoms with Gasteiger partial charge < -0.3 is 19.9 Å². The second-order valence-electron chi connectivity index (χ2n) is 5.22. The number of benzene rings is 1. The Labute approximate surface area is 128 Å². The summed E-state index contributed by atoms with van der Waals surface area (Å²) < 4.78 is 11.8. The number of methoxy groups -OCH3 is 1. The summed E-state index contributed by atoms with van der Waals surface area (Å²) in [5.41, 5.74) is 0.607. The zero-order valence-electron chi connectivity index (χ0n) is 12.0. The number of ether oxygens (including phenoxy) is 2. The molecule has 20 heavy (non-hydrogen) atoms. The molecule has 1 saturated carbocycles. The number of hydrogen-bond donors (Lipinski definition) is 2. The molecule has 1 fully saturated rings. The third-order valence-electron chi connectivity index (χ3n) is 3.64. The summed E-state index contributed by atoms with van der Waals surface area (Å²) in [7, 11) is 1.63. The summed E-state index contributed by atoms with van der Waals surface area (Å²) in [6.07, 6.45) is 2.92. The summed E-state index contributed by atoms with van der Waals surface area (Å²) in [6, 6.07) is 3.99. The molecular weight excluding hydrogens is 322 g/mol. The second kappa shape index (κ2) is 6.78. The van der Waals surface area contributed by atoms with Gasteiger partial charge in [0.25, 0.3) is 0 Å². The van der Waals surface area contributed by atoms with Gasteiger partial charge in [-0.05, 0) is 59.8 Å². The molecule has 0 amide bonds. The van der Waals surface area contributed by atoms with E-state index in [4.69, 9.17) is 9.47 Å². The molecule has 5 heteroatoms. The van der Waals surface area contributed by atoms with Gasteiger partial charge in [-0.15, -0.1) is 0 Å². The van der Waals surface area contributed by atoms with Crippen LogP contribution in [0.4, 0.5) is 0 Å². The van der Waals surface area contributed by atoms with Gasteiger partial charge >= 0.3 is 0 Å². The van der Waals surface area contributed by atoms with Crippen molar-refractivity contribution < 1.29 is 14.6 Å². The van der Waals surface area contributed by atoms with Crippen molar-refractivity contribution in [2.75, 3.05) is 20.3 Å². The molecule has 0 spiro atoms. The quantitative estimate of drug-likeness (QED) is 0.799. The van der Waals surface area contributed by atoms with Crippen molar-refractivity contribution >= 4 is 15.9 Å². The molecule has 1 aliphatic rings. The molecule has 0 saturated heterocycles. The SMILES string of the molecule is CCOc1cc(CNCC2(O)CCC2)cc(Br)c1OC. The van der Waals surface area contributed by atoms with E-state index < -0.39 is 5.60 Å². The van der Waals surface area contributed by atoms with Crippen molar-refractivity contribution in [3.8, 4) is 11.5 Å². The lowest BCUT2D eigenvalue weighted by atomic mass is 9.80. The van der Waals surface area contributed by atoms with E-state index >= 15 is 0 Å². The molecule has 112 valence electrons. The molecule has 0 heterocycles. The van der Waals surface area contributed by atoms with Crippen LogP contribution in [0.5, 0.6) is 11.5 Å². The maximum atomic E-state index is 10.0. The molecule has 0 atom stereocenters. The van der Waals surface area contributed by atoms with Crippen LogP contribution in [0.1, 0.15) is 31.7 Å². The van der Waals surface area contributed by atoms with E-state index in [1.807, 2.05) is 19.1 Å². The second-order valence-corrected chi connectivity index (χ2v) is 6.08. The van der Waals surface area contributed by atoms with Crippen LogP contribution in [0.25, 0.3) is 0 Å². The van der Waals surface area contributed by atoms with Crippen LogP contribution in [0.2, 0.25) is 0 Å². The minimum atomic E-state index is -0.494. The lowest BCUT2D eigenvalue weighted by molar-refractivity contribution is -0.0314. The van der Waals surface area contributed by atoms with Gasteiger partial charge in [-0.1, -0.05) is 0 Å². The number of aliphatic hydroxyl groups is 1. The van der Waals surface area contributed by atoms with Crippen molar-refractivity contribution in [3.05, 3.63) is 22.2 Å². The Kier molecular flexibility index (Phi) is 5.29. The summed E-state index contributed by atoms with van der Waals surface area (Å²) in [6.45, 7) is 3.88. The molecule has 1 aliphatic carbocycles. The normalized spacial score (nSPS) is 16.6. The molecular formula is C15H22BrNO3. The smallest absolute Gasteiger partial charge is 0.174 e. The van der Waals surface area contributed by atoms with Crippen molar-refractivity contribution in [3.63, 3.8) is 0 Å². The van der Waals surface area contributed by atoms with Crippen LogP contribution in [-0.4, -0.2) is 31.0 Å². The molecule has 0 bridgehead atoms. The number of rotatable bonds is 7. The fraction of sp³-hybridized carbons (Fsp3) is 0.600. The van der Waals surface area contributed by atoms with Crippen molar-refractivity contribution in [2.24, 2.45) is 0 Å². The zero-order valence-corrected chi connectivity index (χ0v) is 13.6. The van der Waals surface area contributed by atoms with E-state index in [9.17, 15) is 5.11 Å². The van der Waals surface area contributed by atoms with Crippen LogP contribution in [0, 0.1) is 0 Å². The van der Waals surface area contributed by atoms with Gasteiger partial charge in [0.2, 0.25) is 0 Å². The van der Waals surface area contributed by atoms with E-state index in [2.05, 4.69) is 21.2 Å².